The number of nitro groups is 2. The summed E-state index contributed by atoms with van der Waals surface area (Å²) in [5, 5.41) is 21.9. The van der Waals surface area contributed by atoms with Gasteiger partial charge in [-0.3, -0.25) is 20.2 Å². The number of methoxy groups -OCH3 is 1. The number of carbonyl (C=O) groups is 2. The molecule has 0 saturated carbocycles. The van der Waals surface area contributed by atoms with Crippen molar-refractivity contribution in [2.24, 2.45) is 0 Å². The number of nitro benzene ring substituents is 2. The number of ether oxygens (including phenoxy) is 4. The van der Waals surface area contributed by atoms with E-state index in [9.17, 15) is 29.8 Å². The molecule has 12 heteroatoms. The average Bonchev–Trinajstić information content (AvgIpc) is 2.93. The number of nitrogens with zero attached hydrogens (tertiary/aromatic N) is 2. The van der Waals surface area contributed by atoms with Crippen molar-refractivity contribution < 1.29 is 38.4 Å². The summed E-state index contributed by atoms with van der Waals surface area (Å²) in [6, 6.07) is 8.04. The molecule has 0 fully saturated rings. The van der Waals surface area contributed by atoms with Crippen LogP contribution in [0.25, 0.3) is 6.08 Å². The van der Waals surface area contributed by atoms with Crippen LogP contribution in [0.4, 0.5) is 11.4 Å². The Morgan fingerprint density at radius 1 is 0.821 bits per heavy atom. The third-order valence-corrected chi connectivity index (χ3v) is 5.43. The molecule has 0 unspecified atom stereocenters. The van der Waals surface area contributed by atoms with Gasteiger partial charge in [0.25, 0.3) is 11.4 Å². The van der Waals surface area contributed by atoms with Crippen LogP contribution in [0.5, 0.6) is 11.5 Å². The van der Waals surface area contributed by atoms with Crippen molar-refractivity contribution in [3.05, 3.63) is 73.8 Å². The molecular formula is C27H32N2O10. The van der Waals surface area contributed by atoms with Crippen molar-refractivity contribution >= 4 is 29.4 Å². The van der Waals surface area contributed by atoms with E-state index in [0.717, 1.165) is 36.6 Å². The Bertz CT molecular complexity index is 1150. The molecule has 0 aliphatic carbocycles. The van der Waals surface area contributed by atoms with Gasteiger partial charge in [-0.1, -0.05) is 19.4 Å². The Labute approximate surface area is 225 Å². The van der Waals surface area contributed by atoms with Gasteiger partial charge in [0.05, 0.1) is 48.4 Å². The van der Waals surface area contributed by atoms with Crippen LogP contribution in [0, 0.1) is 20.2 Å². The minimum Gasteiger partial charge on any atom is -0.493 e. The number of non-ortho nitro benzene ring substituents is 2. The summed E-state index contributed by atoms with van der Waals surface area (Å²) in [6.45, 7) is 2.96. The third kappa shape index (κ3) is 10.8. The minimum absolute atomic E-state index is 0.0454. The van der Waals surface area contributed by atoms with E-state index in [1.807, 2.05) is 6.07 Å². The largest absolute Gasteiger partial charge is 0.493 e. The van der Waals surface area contributed by atoms with E-state index in [1.165, 1.54) is 6.08 Å². The highest BCUT2D eigenvalue weighted by Gasteiger charge is 2.20. The van der Waals surface area contributed by atoms with Gasteiger partial charge in [-0.2, -0.15) is 0 Å². The first-order chi connectivity index (χ1) is 18.7. The van der Waals surface area contributed by atoms with Gasteiger partial charge in [0.2, 0.25) is 0 Å². The molecule has 39 heavy (non-hydrogen) atoms. The van der Waals surface area contributed by atoms with Gasteiger partial charge in [0, 0.05) is 18.2 Å². The summed E-state index contributed by atoms with van der Waals surface area (Å²) in [4.78, 5) is 44.4. The predicted molar refractivity (Wildman–Crippen MR) is 142 cm³/mol. The van der Waals surface area contributed by atoms with Gasteiger partial charge in [0.1, 0.15) is 0 Å². The van der Waals surface area contributed by atoms with Crippen molar-refractivity contribution in [2.75, 3.05) is 26.9 Å². The zero-order valence-electron chi connectivity index (χ0n) is 22.0. The quantitative estimate of drug-likeness (QED) is 0.0799. The summed E-state index contributed by atoms with van der Waals surface area (Å²) in [6.07, 6.45) is 7.46. The van der Waals surface area contributed by atoms with Crippen LogP contribution >= 0.6 is 0 Å². The number of unbranched alkanes of at least 4 members (excludes halogenated alkanes) is 4. The Kier molecular flexibility index (Phi) is 12.9. The van der Waals surface area contributed by atoms with Crippen LogP contribution in [0.15, 0.2) is 42.5 Å². The second-order valence-electron chi connectivity index (χ2n) is 8.42. The number of hydrogen-bond donors (Lipinski definition) is 0. The summed E-state index contributed by atoms with van der Waals surface area (Å²) in [5.74, 6) is -0.122. The molecule has 0 aromatic heterocycles. The van der Waals surface area contributed by atoms with Crippen molar-refractivity contribution in [2.45, 2.75) is 45.4 Å². The molecule has 0 aliphatic rings. The summed E-state index contributed by atoms with van der Waals surface area (Å²) in [5.41, 5.74) is -0.623. The maximum Gasteiger partial charge on any atom is 0.338 e. The molecule has 210 valence electrons. The summed E-state index contributed by atoms with van der Waals surface area (Å²) in [7, 11) is 1.55. The van der Waals surface area contributed by atoms with Gasteiger partial charge in [-0.15, -0.1) is 0 Å². The van der Waals surface area contributed by atoms with E-state index in [2.05, 4.69) is 6.92 Å². The molecule has 0 atom stereocenters. The molecule has 0 saturated heterocycles. The first-order valence-electron chi connectivity index (χ1n) is 12.5. The number of rotatable bonds is 17. The van der Waals surface area contributed by atoms with Crippen LogP contribution in [0.3, 0.4) is 0 Å². The first-order valence-corrected chi connectivity index (χ1v) is 12.5. The molecule has 0 heterocycles. The Morgan fingerprint density at radius 2 is 1.46 bits per heavy atom. The molecule has 2 aromatic rings. The van der Waals surface area contributed by atoms with Crippen LogP contribution in [0.1, 0.15) is 61.4 Å². The van der Waals surface area contributed by atoms with Crippen LogP contribution < -0.4 is 9.47 Å². The normalized spacial score (nSPS) is 10.7. The van der Waals surface area contributed by atoms with Gasteiger partial charge < -0.3 is 18.9 Å². The van der Waals surface area contributed by atoms with Gasteiger partial charge >= 0.3 is 11.9 Å². The van der Waals surface area contributed by atoms with E-state index < -0.39 is 33.2 Å². The standard InChI is InChI=1S/C27H32N2O10/c1-3-4-13-37-24-11-9-20(16-25(24)36-2)10-12-26(30)38-14-7-5-6-8-15-39-27(31)21-17-22(28(32)33)19-23(18-21)29(34)35/h9-12,16-19H,3-8,13-15H2,1-2H3/b12-10+. The lowest BCUT2D eigenvalue weighted by molar-refractivity contribution is -0.394. The zero-order chi connectivity index (χ0) is 28.6. The van der Waals surface area contributed by atoms with Crippen molar-refractivity contribution in [1.82, 2.24) is 0 Å². The lowest BCUT2D eigenvalue weighted by Gasteiger charge is -2.10. The Morgan fingerprint density at radius 3 is 2.05 bits per heavy atom. The molecule has 2 rings (SSSR count). The Hall–Kier alpha value is -4.48. The minimum atomic E-state index is -0.876. The van der Waals surface area contributed by atoms with Crippen molar-refractivity contribution in [3.8, 4) is 11.5 Å². The van der Waals surface area contributed by atoms with Gasteiger partial charge in [-0.25, -0.2) is 9.59 Å². The van der Waals surface area contributed by atoms with E-state index in [-0.39, 0.29) is 18.8 Å². The fraction of sp³-hybridized carbons (Fsp3) is 0.407. The topological polar surface area (TPSA) is 157 Å². The molecule has 0 bridgehead atoms. The maximum absolute atomic E-state index is 12.1. The molecule has 12 nitrogen and oxygen atoms in total. The van der Waals surface area contributed by atoms with Gasteiger partial charge in [0.15, 0.2) is 11.5 Å². The molecule has 0 radical (unpaired) electrons. The second kappa shape index (κ2) is 16.4. The summed E-state index contributed by atoms with van der Waals surface area (Å²) >= 11 is 0. The van der Waals surface area contributed by atoms with Crippen LogP contribution in [-0.2, 0) is 14.3 Å². The van der Waals surface area contributed by atoms with E-state index in [1.54, 1.807) is 25.3 Å². The fourth-order valence-corrected chi connectivity index (χ4v) is 3.35. The highest BCUT2D eigenvalue weighted by atomic mass is 16.6. The lowest BCUT2D eigenvalue weighted by atomic mass is 10.1. The number of benzene rings is 2. The van der Waals surface area contributed by atoms with Crippen LogP contribution in [-0.4, -0.2) is 48.7 Å². The number of carbonyl (C=O) groups excluding carboxylic acids is 2. The smallest absolute Gasteiger partial charge is 0.338 e. The molecule has 2 aromatic carbocycles. The van der Waals surface area contributed by atoms with Gasteiger partial charge in [-0.05, 0) is 55.9 Å². The molecular weight excluding hydrogens is 512 g/mol. The highest BCUT2D eigenvalue weighted by Crippen LogP contribution is 2.29. The first kappa shape index (κ1) is 30.7. The fourth-order valence-electron chi connectivity index (χ4n) is 3.35. The molecule has 0 spiro atoms. The van der Waals surface area contributed by atoms with E-state index >= 15 is 0 Å². The maximum atomic E-state index is 12.1. The Balaban J connectivity index is 1.66. The van der Waals surface area contributed by atoms with Crippen molar-refractivity contribution in [1.29, 1.82) is 0 Å². The summed E-state index contributed by atoms with van der Waals surface area (Å²) < 4.78 is 21.3. The number of hydrogen-bond acceptors (Lipinski definition) is 10. The predicted octanol–water partition coefficient (Wildman–Crippen LogP) is 5.66. The highest BCUT2D eigenvalue weighted by molar-refractivity contribution is 5.91. The molecule has 0 N–H and O–H groups in total. The van der Waals surface area contributed by atoms with E-state index in [0.29, 0.717) is 43.8 Å². The third-order valence-electron chi connectivity index (χ3n) is 5.43. The van der Waals surface area contributed by atoms with E-state index in [4.69, 9.17) is 18.9 Å². The zero-order valence-corrected chi connectivity index (χ0v) is 22.0. The second-order valence-corrected chi connectivity index (χ2v) is 8.42. The molecule has 0 aliphatic heterocycles. The molecule has 0 amide bonds. The SMILES string of the molecule is CCCCOc1ccc(/C=C/C(=O)OCCCCCCOC(=O)c2cc([N+](=O)[O-])cc([N+](=O)[O-])c2)cc1OC. The number of esters is 2. The van der Waals surface area contributed by atoms with Crippen LogP contribution in [0.2, 0.25) is 0 Å². The average molecular weight is 545 g/mol. The van der Waals surface area contributed by atoms with Crippen molar-refractivity contribution in [3.63, 3.8) is 0 Å². The lowest BCUT2D eigenvalue weighted by Crippen LogP contribution is -2.08. The monoisotopic (exact) mass is 544 g/mol.